The van der Waals surface area contributed by atoms with E-state index in [9.17, 15) is 4.79 Å². The molecule has 0 bridgehead atoms. The van der Waals surface area contributed by atoms with Gasteiger partial charge in [0.25, 0.3) is 0 Å². The minimum absolute atomic E-state index is 0.231. The summed E-state index contributed by atoms with van der Waals surface area (Å²) in [6.45, 7) is 23.0. The van der Waals surface area contributed by atoms with Crippen LogP contribution in [0.25, 0.3) is 0 Å². The molecule has 0 rings (SSSR count). The third-order valence-corrected chi connectivity index (χ3v) is 10.3. The average Bonchev–Trinajstić information content (AvgIpc) is 2.93. The smallest absolute Gasteiger partial charge is 0.164 e. The number of rotatable bonds is 29. The van der Waals surface area contributed by atoms with Crippen LogP contribution >= 0.6 is 0 Å². The van der Waals surface area contributed by atoms with Gasteiger partial charge in [0.1, 0.15) is 5.60 Å². The molecule has 0 N–H and O–H groups in total. The Balaban J connectivity index is 3.80. The van der Waals surface area contributed by atoms with Gasteiger partial charge in [0, 0.05) is 13.5 Å². The van der Waals surface area contributed by atoms with Crippen molar-refractivity contribution in [1.82, 2.24) is 0 Å². The second kappa shape index (κ2) is 25.5. The van der Waals surface area contributed by atoms with Crippen molar-refractivity contribution in [3.8, 4) is 0 Å². The molecular weight excluding hydrogens is 524 g/mol. The average molecular weight is 605 g/mol. The molecule has 0 unspecified atom stereocenters. The number of hydrogen-bond donors (Lipinski definition) is 0. The van der Waals surface area contributed by atoms with Crippen LogP contribution in [0.2, 0.25) is 0 Å². The maximum Gasteiger partial charge on any atom is 0.164 e. The summed E-state index contributed by atoms with van der Waals surface area (Å²) in [7, 11) is 1.63. The van der Waals surface area contributed by atoms with Gasteiger partial charge >= 0.3 is 0 Å². The Labute approximate surface area is 272 Å². The predicted molar refractivity (Wildman–Crippen MR) is 193 cm³/mol. The van der Waals surface area contributed by atoms with Crippen molar-refractivity contribution in [2.24, 2.45) is 41.4 Å². The molecule has 2 nitrogen and oxygen atoms in total. The highest BCUT2D eigenvalue weighted by Crippen LogP contribution is 2.25. The van der Waals surface area contributed by atoms with E-state index < -0.39 is 5.60 Å². The van der Waals surface area contributed by atoms with Gasteiger partial charge in [-0.05, 0) is 74.5 Å². The van der Waals surface area contributed by atoms with Crippen LogP contribution in [0.1, 0.15) is 191 Å². The molecule has 256 valence electrons. The fourth-order valence-electron chi connectivity index (χ4n) is 6.40. The monoisotopic (exact) mass is 605 g/mol. The molecule has 0 aliphatic carbocycles. The van der Waals surface area contributed by atoms with E-state index in [0.29, 0.717) is 12.3 Å². The number of ketones is 1. The van der Waals surface area contributed by atoms with Crippen molar-refractivity contribution in [3.63, 3.8) is 0 Å². The first kappa shape index (κ1) is 42.4. The minimum atomic E-state index is -0.634. The lowest BCUT2D eigenvalue weighted by Crippen LogP contribution is -2.33. The minimum Gasteiger partial charge on any atom is -0.371 e. The molecule has 43 heavy (non-hydrogen) atoms. The molecule has 0 aromatic rings. The zero-order chi connectivity index (χ0) is 32.7. The number of unbranched alkanes of at least 4 members (excludes halogenated alkanes) is 1. The molecule has 0 aromatic heterocycles. The van der Waals surface area contributed by atoms with Crippen molar-refractivity contribution < 1.29 is 9.53 Å². The lowest BCUT2D eigenvalue weighted by molar-refractivity contribution is -0.137. The van der Waals surface area contributed by atoms with E-state index in [1.165, 1.54) is 109 Å². The summed E-state index contributed by atoms with van der Waals surface area (Å²) >= 11 is 0. The third-order valence-electron chi connectivity index (χ3n) is 10.3. The van der Waals surface area contributed by atoms with Crippen LogP contribution in [0, 0.1) is 41.4 Å². The lowest BCUT2D eigenvalue weighted by atomic mass is 9.89. The number of allylic oxidation sites excluding steroid dienone is 2. The van der Waals surface area contributed by atoms with Crippen LogP contribution in [0.5, 0.6) is 0 Å². The van der Waals surface area contributed by atoms with Crippen molar-refractivity contribution in [1.29, 1.82) is 0 Å². The molecule has 0 aliphatic rings. The predicted octanol–water partition coefficient (Wildman–Crippen LogP) is 13.4. The molecule has 0 aliphatic heterocycles. The van der Waals surface area contributed by atoms with E-state index in [2.05, 4.69) is 67.5 Å². The lowest BCUT2D eigenvalue weighted by Gasteiger charge is -2.22. The molecule has 0 saturated carbocycles. The second-order valence-electron chi connectivity index (χ2n) is 16.2. The van der Waals surface area contributed by atoms with E-state index in [1.807, 2.05) is 13.8 Å². The number of carbonyl (C=O) groups is 1. The van der Waals surface area contributed by atoms with Gasteiger partial charge in [0.15, 0.2) is 5.78 Å². The first-order valence-electron chi connectivity index (χ1n) is 19.0. The van der Waals surface area contributed by atoms with Gasteiger partial charge in [-0.2, -0.15) is 0 Å². The van der Waals surface area contributed by atoms with Gasteiger partial charge in [-0.25, -0.2) is 0 Å². The first-order chi connectivity index (χ1) is 20.3. The Kier molecular flexibility index (Phi) is 25.2. The number of methoxy groups -OCH3 is 1. The summed E-state index contributed by atoms with van der Waals surface area (Å²) in [5, 5.41) is 0. The highest BCUT2D eigenvalue weighted by Gasteiger charge is 2.26. The summed E-state index contributed by atoms with van der Waals surface area (Å²) in [5.74, 6) is 5.86. The summed E-state index contributed by atoms with van der Waals surface area (Å²) in [5.41, 5.74) is -0.634. The largest absolute Gasteiger partial charge is 0.371 e. The van der Waals surface area contributed by atoms with Gasteiger partial charge < -0.3 is 4.74 Å². The quantitative estimate of drug-likeness (QED) is 0.0627. The summed E-state index contributed by atoms with van der Waals surface area (Å²) in [6.07, 6.45) is 29.8. The highest BCUT2D eigenvalue weighted by molar-refractivity contribution is 5.86. The fraction of sp³-hybridized carbons (Fsp3) is 0.927. The zero-order valence-electron chi connectivity index (χ0n) is 31.4. The number of hydrogen-bond acceptors (Lipinski definition) is 2. The van der Waals surface area contributed by atoms with E-state index >= 15 is 0 Å². The number of Topliss-reactive ketones (excluding diaryl/α,β-unsaturated/α-hetero) is 1. The van der Waals surface area contributed by atoms with Crippen molar-refractivity contribution >= 4 is 5.78 Å². The molecule has 2 heteroatoms. The Morgan fingerprint density at radius 3 is 1.42 bits per heavy atom. The van der Waals surface area contributed by atoms with Crippen molar-refractivity contribution in [3.05, 3.63) is 12.2 Å². The molecule has 0 radical (unpaired) electrons. The van der Waals surface area contributed by atoms with E-state index in [4.69, 9.17) is 4.74 Å². The van der Waals surface area contributed by atoms with E-state index in [0.717, 1.165) is 41.9 Å². The second-order valence-corrected chi connectivity index (χ2v) is 16.2. The van der Waals surface area contributed by atoms with Gasteiger partial charge in [-0.3, -0.25) is 4.79 Å². The Bertz CT molecular complexity index is 677. The van der Waals surface area contributed by atoms with Gasteiger partial charge in [0.05, 0.1) is 0 Å². The Hall–Kier alpha value is -0.630. The summed E-state index contributed by atoms with van der Waals surface area (Å²) < 4.78 is 5.33. The van der Waals surface area contributed by atoms with E-state index in [-0.39, 0.29) is 5.78 Å². The van der Waals surface area contributed by atoms with Gasteiger partial charge in [-0.1, -0.05) is 164 Å². The Morgan fingerprint density at radius 2 is 0.953 bits per heavy atom. The SMILES string of the molecule is COC(C)(C)C(=O)CC[C@H](C)CCC[C@@H](C)CCC[C@H](C)CCCC[C@@H](C)/C=C/C[C@H](C)CCC[C@@H](C)CCCC(C)C. The van der Waals surface area contributed by atoms with Gasteiger partial charge in [0.2, 0.25) is 0 Å². The third kappa shape index (κ3) is 25.3. The van der Waals surface area contributed by atoms with Crippen molar-refractivity contribution in [2.75, 3.05) is 7.11 Å². The maximum atomic E-state index is 12.3. The summed E-state index contributed by atoms with van der Waals surface area (Å²) in [6, 6.07) is 0. The zero-order valence-corrected chi connectivity index (χ0v) is 31.4. The standard InChI is InChI=1S/C41H80O2/c1-33(2)19-14-22-36(5)25-17-28-37(6)26-15-23-34(3)20-12-13-21-35(4)24-16-27-38(7)29-18-30-39(8)31-32-40(42)41(9,10)43-11/h15,23,33-39H,12-14,16-22,24-32H2,1-11H3/b23-15+/t34-,35-,36+,37+,38+,39-/m1/s1. The van der Waals surface area contributed by atoms with Crippen LogP contribution < -0.4 is 0 Å². The molecular formula is C41H80O2. The molecule has 0 aromatic carbocycles. The fourth-order valence-corrected chi connectivity index (χ4v) is 6.40. The highest BCUT2D eigenvalue weighted by atomic mass is 16.5. The normalized spacial score (nSPS) is 16.8. The maximum absolute atomic E-state index is 12.3. The first-order valence-corrected chi connectivity index (χ1v) is 19.0. The van der Waals surface area contributed by atoms with Crippen LogP contribution in [-0.4, -0.2) is 18.5 Å². The summed E-state index contributed by atoms with van der Waals surface area (Å²) in [4.78, 5) is 12.3. The Morgan fingerprint density at radius 1 is 0.558 bits per heavy atom. The molecule has 0 saturated heterocycles. The van der Waals surface area contributed by atoms with Crippen molar-refractivity contribution in [2.45, 2.75) is 197 Å². The molecule has 0 heterocycles. The van der Waals surface area contributed by atoms with Crippen LogP contribution in [-0.2, 0) is 9.53 Å². The van der Waals surface area contributed by atoms with Gasteiger partial charge in [-0.15, -0.1) is 0 Å². The number of ether oxygens (including phenoxy) is 1. The molecule has 0 amide bonds. The molecule has 0 spiro atoms. The van der Waals surface area contributed by atoms with Crippen LogP contribution in [0.15, 0.2) is 12.2 Å². The number of carbonyl (C=O) groups excluding carboxylic acids is 1. The molecule has 0 fully saturated rings. The van der Waals surface area contributed by atoms with Crippen LogP contribution in [0.3, 0.4) is 0 Å². The molecule has 6 atom stereocenters. The van der Waals surface area contributed by atoms with Crippen LogP contribution in [0.4, 0.5) is 0 Å². The van der Waals surface area contributed by atoms with E-state index in [1.54, 1.807) is 7.11 Å². The topological polar surface area (TPSA) is 26.3 Å².